The Balaban J connectivity index is 1.55. The first-order valence-electron chi connectivity index (χ1n) is 9.52. The number of ether oxygens (including phenoxy) is 1. The van der Waals surface area contributed by atoms with E-state index in [0.29, 0.717) is 17.9 Å². The van der Waals surface area contributed by atoms with E-state index in [1.54, 1.807) is 12.4 Å². The Morgan fingerprint density at radius 1 is 1.14 bits per heavy atom. The third-order valence-electron chi connectivity index (χ3n) is 5.98. The molecule has 0 saturated heterocycles. The molecule has 1 amide bonds. The molecular weight excluding hydrogens is 366 g/mol. The zero-order valence-corrected chi connectivity index (χ0v) is 15.8. The van der Waals surface area contributed by atoms with E-state index in [0.717, 1.165) is 33.5 Å². The van der Waals surface area contributed by atoms with Crippen molar-refractivity contribution in [1.82, 2.24) is 10.1 Å². The third-order valence-corrected chi connectivity index (χ3v) is 5.98. The summed E-state index contributed by atoms with van der Waals surface area (Å²) in [7, 11) is 0. The third kappa shape index (κ3) is 2.08. The summed E-state index contributed by atoms with van der Waals surface area (Å²) in [4.78, 5) is 19.9. The Morgan fingerprint density at radius 3 is 2.90 bits per heavy atom. The second-order valence-corrected chi connectivity index (χ2v) is 7.58. The lowest BCUT2D eigenvalue weighted by Crippen LogP contribution is -2.42. The molecule has 2 aliphatic rings. The first kappa shape index (κ1) is 16.3. The number of para-hydroxylation sites is 1. The Hall–Kier alpha value is -3.67. The molecule has 6 nitrogen and oxygen atoms in total. The number of aromatic nitrogens is 2. The van der Waals surface area contributed by atoms with Gasteiger partial charge in [0, 0.05) is 35.1 Å². The zero-order valence-electron chi connectivity index (χ0n) is 15.8. The number of nitrogens with zero attached hydrogens (tertiary/aromatic N) is 3. The van der Waals surface area contributed by atoms with E-state index in [9.17, 15) is 4.79 Å². The molecule has 0 aliphatic carbocycles. The molecule has 142 valence electrons. The second kappa shape index (κ2) is 5.67. The Morgan fingerprint density at radius 2 is 2.03 bits per heavy atom. The van der Waals surface area contributed by atoms with Gasteiger partial charge in [0.25, 0.3) is 0 Å². The monoisotopic (exact) mass is 383 g/mol. The second-order valence-electron chi connectivity index (χ2n) is 7.58. The van der Waals surface area contributed by atoms with Crippen molar-refractivity contribution in [3.05, 3.63) is 83.3 Å². The normalized spacial score (nSPS) is 19.6. The van der Waals surface area contributed by atoms with Crippen LogP contribution in [0, 0.1) is 6.92 Å². The Kier molecular flexibility index (Phi) is 3.19. The number of carbonyl (C=O) groups excluding carboxylic acids is 1. The molecule has 0 saturated carbocycles. The summed E-state index contributed by atoms with van der Waals surface area (Å²) in [6.45, 7) is 2.65. The summed E-state index contributed by atoms with van der Waals surface area (Å²) in [6, 6.07) is 15.7. The molecule has 2 aromatic heterocycles. The molecule has 6 rings (SSSR count). The van der Waals surface area contributed by atoms with Crippen LogP contribution in [-0.4, -0.2) is 22.7 Å². The number of rotatable bonds is 2. The van der Waals surface area contributed by atoms with Crippen molar-refractivity contribution in [2.75, 3.05) is 11.5 Å². The molecule has 4 heterocycles. The van der Waals surface area contributed by atoms with Gasteiger partial charge in [0.15, 0.2) is 5.58 Å². The lowest BCUT2D eigenvalue weighted by atomic mass is 9.77. The number of hydrogen-bond donors (Lipinski definition) is 0. The molecule has 2 aromatic carbocycles. The van der Waals surface area contributed by atoms with Crippen LogP contribution in [0.5, 0.6) is 5.75 Å². The van der Waals surface area contributed by atoms with Gasteiger partial charge in [0.2, 0.25) is 5.91 Å². The van der Waals surface area contributed by atoms with Gasteiger partial charge in [0.1, 0.15) is 17.8 Å². The van der Waals surface area contributed by atoms with E-state index in [1.165, 1.54) is 0 Å². The van der Waals surface area contributed by atoms with E-state index < -0.39 is 5.41 Å². The minimum Gasteiger partial charge on any atom is -0.491 e. The van der Waals surface area contributed by atoms with Crippen LogP contribution in [0.25, 0.3) is 11.0 Å². The molecule has 0 N–H and O–H groups in total. The standard InChI is InChI=1S/C23H17N3O3/c1-14-16-9-18-21(10-20(16)29-25-14)28-13-23(18)17-6-2-3-7-19(17)26(22(23)27)12-15-5-4-8-24-11-15/h2-11H,12-13H2,1H3. The van der Waals surface area contributed by atoms with Gasteiger partial charge in [-0.2, -0.15) is 0 Å². The Labute approximate surface area is 166 Å². The van der Waals surface area contributed by atoms with Crippen LogP contribution in [0.1, 0.15) is 22.4 Å². The fraction of sp³-hybridized carbons (Fsp3) is 0.174. The smallest absolute Gasteiger partial charge is 0.246 e. The van der Waals surface area contributed by atoms with Crippen LogP contribution in [0.4, 0.5) is 5.69 Å². The van der Waals surface area contributed by atoms with Gasteiger partial charge in [-0.25, -0.2) is 0 Å². The molecule has 29 heavy (non-hydrogen) atoms. The topological polar surface area (TPSA) is 68.5 Å². The number of hydrogen-bond acceptors (Lipinski definition) is 5. The lowest BCUT2D eigenvalue weighted by Gasteiger charge is -2.23. The van der Waals surface area contributed by atoms with Crippen molar-refractivity contribution in [2.45, 2.75) is 18.9 Å². The van der Waals surface area contributed by atoms with Gasteiger partial charge in [-0.1, -0.05) is 29.4 Å². The molecular formula is C23H17N3O3. The van der Waals surface area contributed by atoms with Crippen molar-refractivity contribution in [3.63, 3.8) is 0 Å². The minimum absolute atomic E-state index is 0.0229. The van der Waals surface area contributed by atoms with Gasteiger partial charge in [-0.15, -0.1) is 0 Å². The number of pyridine rings is 1. The molecule has 1 atom stereocenters. The quantitative estimate of drug-likeness (QED) is 0.527. The van der Waals surface area contributed by atoms with Crippen LogP contribution in [-0.2, 0) is 16.8 Å². The van der Waals surface area contributed by atoms with Gasteiger partial charge >= 0.3 is 0 Å². The number of aryl methyl sites for hydroxylation is 1. The zero-order chi connectivity index (χ0) is 19.6. The van der Waals surface area contributed by atoms with E-state index in [-0.39, 0.29) is 12.5 Å². The highest BCUT2D eigenvalue weighted by Gasteiger charge is 2.57. The molecule has 1 unspecified atom stereocenters. The van der Waals surface area contributed by atoms with E-state index in [4.69, 9.17) is 9.26 Å². The number of benzene rings is 2. The summed E-state index contributed by atoms with van der Waals surface area (Å²) in [5, 5.41) is 4.96. The lowest BCUT2D eigenvalue weighted by molar-refractivity contribution is -0.122. The molecule has 6 heteroatoms. The molecule has 1 spiro atoms. The average molecular weight is 383 g/mol. The number of amides is 1. The highest BCUT2D eigenvalue weighted by molar-refractivity contribution is 6.12. The Bertz CT molecular complexity index is 1280. The predicted molar refractivity (Wildman–Crippen MR) is 107 cm³/mol. The summed E-state index contributed by atoms with van der Waals surface area (Å²) in [5.41, 5.74) is 4.37. The SMILES string of the molecule is Cc1noc2cc3c(cc12)C1(CO3)C(=O)N(Cc2cccnc2)c2ccccc21. The van der Waals surface area contributed by atoms with Crippen LogP contribution < -0.4 is 9.64 Å². The van der Waals surface area contributed by atoms with Gasteiger partial charge in [-0.3, -0.25) is 9.78 Å². The number of fused-ring (bicyclic) bond motifs is 5. The van der Waals surface area contributed by atoms with E-state index in [1.807, 2.05) is 60.4 Å². The molecule has 0 radical (unpaired) electrons. The maximum atomic E-state index is 13.9. The highest BCUT2D eigenvalue weighted by Crippen LogP contribution is 2.53. The molecule has 4 aromatic rings. The summed E-state index contributed by atoms with van der Waals surface area (Å²) >= 11 is 0. The predicted octanol–water partition coefficient (Wildman–Crippen LogP) is 3.76. The summed E-state index contributed by atoms with van der Waals surface area (Å²) in [6.07, 6.45) is 3.53. The maximum absolute atomic E-state index is 13.9. The van der Waals surface area contributed by atoms with Crippen LogP contribution >= 0.6 is 0 Å². The van der Waals surface area contributed by atoms with Crippen molar-refractivity contribution < 1.29 is 14.1 Å². The van der Waals surface area contributed by atoms with E-state index in [2.05, 4.69) is 10.1 Å². The molecule has 2 aliphatic heterocycles. The highest BCUT2D eigenvalue weighted by atomic mass is 16.5. The number of anilines is 1. The van der Waals surface area contributed by atoms with Crippen LogP contribution in [0.2, 0.25) is 0 Å². The molecule has 0 bridgehead atoms. The van der Waals surface area contributed by atoms with Crippen LogP contribution in [0.3, 0.4) is 0 Å². The van der Waals surface area contributed by atoms with Gasteiger partial charge in [-0.05, 0) is 36.2 Å². The number of carbonyl (C=O) groups is 1. The van der Waals surface area contributed by atoms with Crippen molar-refractivity contribution in [1.29, 1.82) is 0 Å². The first-order chi connectivity index (χ1) is 14.2. The minimum atomic E-state index is -0.855. The van der Waals surface area contributed by atoms with E-state index >= 15 is 0 Å². The fourth-order valence-electron chi connectivity index (χ4n) is 4.56. The van der Waals surface area contributed by atoms with Crippen LogP contribution in [0.15, 0.2) is 65.4 Å². The van der Waals surface area contributed by atoms with Crippen molar-refractivity contribution in [2.24, 2.45) is 0 Å². The first-order valence-corrected chi connectivity index (χ1v) is 9.52. The largest absolute Gasteiger partial charge is 0.491 e. The fourth-order valence-corrected chi connectivity index (χ4v) is 4.56. The summed E-state index contributed by atoms with van der Waals surface area (Å²) in [5.74, 6) is 0.704. The maximum Gasteiger partial charge on any atom is 0.246 e. The average Bonchev–Trinajstić information content (AvgIpc) is 3.38. The van der Waals surface area contributed by atoms with Crippen molar-refractivity contribution >= 4 is 22.6 Å². The summed E-state index contributed by atoms with van der Waals surface area (Å²) < 4.78 is 11.4. The van der Waals surface area contributed by atoms with Gasteiger partial charge < -0.3 is 14.2 Å². The molecule has 0 fully saturated rings. The van der Waals surface area contributed by atoms with Crippen molar-refractivity contribution in [3.8, 4) is 5.75 Å². The van der Waals surface area contributed by atoms with Gasteiger partial charge in [0.05, 0.1) is 12.2 Å².